The van der Waals surface area contributed by atoms with Crippen molar-refractivity contribution < 1.29 is 19.7 Å². The lowest BCUT2D eigenvalue weighted by Gasteiger charge is -2.13. The molecule has 0 aliphatic carbocycles. The quantitative estimate of drug-likeness (QED) is 0.717. The Morgan fingerprint density at radius 3 is 2.76 bits per heavy atom. The smallest absolute Gasteiger partial charge is 0.249 e. The van der Waals surface area contributed by atoms with Gasteiger partial charge in [0, 0.05) is 5.56 Å². The Kier molecular flexibility index (Phi) is 4.74. The third-order valence-corrected chi connectivity index (χ3v) is 2.48. The first kappa shape index (κ1) is 13.8. The average Bonchev–Trinajstić information content (AvgIpc) is 2.26. The number of amides is 1. The van der Waals surface area contributed by atoms with Gasteiger partial charge in [0.1, 0.15) is 18.5 Å². The maximum atomic E-state index is 11.1. The van der Waals surface area contributed by atoms with Gasteiger partial charge in [0.15, 0.2) is 0 Å². The van der Waals surface area contributed by atoms with Crippen molar-refractivity contribution in [2.75, 3.05) is 13.2 Å². The number of primary amides is 1. The Hall–Kier alpha value is -1.30. The molecule has 0 fully saturated rings. The summed E-state index contributed by atoms with van der Waals surface area (Å²) in [5, 5.41) is 18.1. The predicted molar refractivity (Wildman–Crippen MR) is 63.3 cm³/mol. The predicted octanol–water partition coefficient (Wildman–Crippen LogP) is 0.479. The molecule has 0 aromatic heterocycles. The Morgan fingerprint density at radius 1 is 1.59 bits per heavy atom. The van der Waals surface area contributed by atoms with Crippen LogP contribution in [0, 0.1) is 6.92 Å². The van der Waals surface area contributed by atoms with Crippen LogP contribution in [0.3, 0.4) is 0 Å². The summed E-state index contributed by atoms with van der Waals surface area (Å²) in [4.78, 5) is 11.1. The summed E-state index contributed by atoms with van der Waals surface area (Å²) in [5.74, 6) is -0.328. The van der Waals surface area contributed by atoms with Gasteiger partial charge in [-0.25, -0.2) is 0 Å². The molecule has 17 heavy (non-hydrogen) atoms. The van der Waals surface area contributed by atoms with Gasteiger partial charge < -0.3 is 20.7 Å². The zero-order valence-corrected chi connectivity index (χ0v) is 10.1. The van der Waals surface area contributed by atoms with Crippen LogP contribution < -0.4 is 10.5 Å². The number of nitrogens with two attached hydrogens (primary N) is 1. The third-order valence-electron chi connectivity index (χ3n) is 2.19. The highest BCUT2D eigenvalue weighted by Gasteiger charge is 2.12. The highest BCUT2D eigenvalue weighted by atomic mass is 35.5. The van der Waals surface area contributed by atoms with Gasteiger partial charge in [-0.3, -0.25) is 4.79 Å². The van der Waals surface area contributed by atoms with Crippen LogP contribution in [0.2, 0.25) is 5.02 Å². The first-order chi connectivity index (χ1) is 7.95. The molecule has 1 unspecified atom stereocenters. The summed E-state index contributed by atoms with van der Waals surface area (Å²) < 4.78 is 5.19. The number of hydrogen-bond donors (Lipinski definition) is 3. The van der Waals surface area contributed by atoms with Crippen LogP contribution in [0.4, 0.5) is 0 Å². The van der Waals surface area contributed by atoms with Crippen LogP contribution in [0.5, 0.6) is 5.75 Å². The van der Waals surface area contributed by atoms with Gasteiger partial charge in [-0.05, 0) is 24.6 Å². The molecule has 1 amide bonds. The van der Waals surface area contributed by atoms with Crippen molar-refractivity contribution in [1.82, 2.24) is 0 Å². The molecule has 0 radical (unpaired) electrons. The summed E-state index contributed by atoms with van der Waals surface area (Å²) in [5.41, 5.74) is 6.15. The second-order valence-electron chi connectivity index (χ2n) is 3.61. The number of halogens is 1. The van der Waals surface area contributed by atoms with Crippen molar-refractivity contribution in [3.63, 3.8) is 0 Å². The second kappa shape index (κ2) is 5.86. The van der Waals surface area contributed by atoms with Gasteiger partial charge in [-0.2, -0.15) is 0 Å². The Morgan fingerprint density at radius 2 is 2.24 bits per heavy atom. The van der Waals surface area contributed by atoms with Crippen LogP contribution in [-0.2, 0) is 0 Å². The molecule has 94 valence electrons. The van der Waals surface area contributed by atoms with Crippen LogP contribution >= 0.6 is 11.6 Å². The molecule has 1 aromatic rings. The van der Waals surface area contributed by atoms with Gasteiger partial charge >= 0.3 is 0 Å². The number of hydrogen-bond acceptors (Lipinski definition) is 4. The van der Waals surface area contributed by atoms with Crippen molar-refractivity contribution in [2.24, 2.45) is 5.73 Å². The van der Waals surface area contributed by atoms with Crippen molar-refractivity contribution in [3.05, 3.63) is 28.3 Å². The van der Waals surface area contributed by atoms with Gasteiger partial charge in [0.25, 0.3) is 0 Å². The minimum Gasteiger partial charge on any atom is -0.489 e. The van der Waals surface area contributed by atoms with Crippen LogP contribution in [0.1, 0.15) is 15.9 Å². The fraction of sp³-hybridized carbons (Fsp3) is 0.364. The molecule has 5 nitrogen and oxygen atoms in total. The lowest BCUT2D eigenvalue weighted by Crippen LogP contribution is -2.21. The Labute approximate surface area is 104 Å². The zero-order valence-electron chi connectivity index (χ0n) is 9.31. The molecular weight excluding hydrogens is 246 g/mol. The molecule has 0 aliphatic heterocycles. The summed E-state index contributed by atoms with van der Waals surface area (Å²) in [6, 6.07) is 2.98. The molecule has 0 saturated heterocycles. The van der Waals surface area contributed by atoms with Gasteiger partial charge in [-0.1, -0.05) is 11.6 Å². The topological polar surface area (TPSA) is 92.8 Å². The molecular formula is C11H14ClNO4. The SMILES string of the molecule is Cc1cc(Cl)c(OCC(O)CO)cc1C(N)=O. The maximum absolute atomic E-state index is 11.1. The highest BCUT2D eigenvalue weighted by Crippen LogP contribution is 2.28. The van der Waals surface area contributed by atoms with E-state index < -0.39 is 18.6 Å². The van der Waals surface area contributed by atoms with Gasteiger partial charge in [0.05, 0.1) is 11.6 Å². The van der Waals surface area contributed by atoms with Crippen molar-refractivity contribution in [2.45, 2.75) is 13.0 Å². The number of aliphatic hydroxyl groups is 2. The van der Waals surface area contributed by atoms with Crippen LogP contribution in [0.25, 0.3) is 0 Å². The average molecular weight is 260 g/mol. The second-order valence-corrected chi connectivity index (χ2v) is 4.02. The van der Waals surface area contributed by atoms with E-state index in [4.69, 9.17) is 32.3 Å². The van der Waals surface area contributed by atoms with E-state index in [0.29, 0.717) is 16.1 Å². The molecule has 1 rings (SSSR count). The van der Waals surface area contributed by atoms with E-state index in [9.17, 15) is 4.79 Å². The molecule has 0 bridgehead atoms. The molecule has 0 saturated carbocycles. The molecule has 0 spiro atoms. The van der Waals surface area contributed by atoms with E-state index in [0.717, 1.165) is 0 Å². The van der Waals surface area contributed by atoms with Crippen molar-refractivity contribution in [1.29, 1.82) is 0 Å². The van der Waals surface area contributed by atoms with E-state index in [1.165, 1.54) is 6.07 Å². The molecule has 1 atom stereocenters. The molecule has 0 heterocycles. The number of aryl methyl sites for hydroxylation is 1. The lowest BCUT2D eigenvalue weighted by molar-refractivity contribution is 0.0536. The number of aliphatic hydroxyl groups excluding tert-OH is 2. The summed E-state index contributed by atoms with van der Waals surface area (Å²) in [7, 11) is 0. The lowest BCUT2D eigenvalue weighted by atomic mass is 10.1. The van der Waals surface area contributed by atoms with E-state index in [1.54, 1.807) is 13.0 Å². The van der Waals surface area contributed by atoms with Crippen molar-refractivity contribution in [3.8, 4) is 5.75 Å². The fourth-order valence-corrected chi connectivity index (χ4v) is 1.54. The zero-order chi connectivity index (χ0) is 13.0. The molecule has 6 heteroatoms. The van der Waals surface area contributed by atoms with Crippen molar-refractivity contribution >= 4 is 17.5 Å². The fourth-order valence-electron chi connectivity index (χ4n) is 1.27. The molecule has 4 N–H and O–H groups in total. The summed E-state index contributed by atoms with van der Waals surface area (Å²) in [6.07, 6.45) is -0.996. The van der Waals surface area contributed by atoms with E-state index in [1.807, 2.05) is 0 Å². The van der Waals surface area contributed by atoms with E-state index in [2.05, 4.69) is 0 Å². The van der Waals surface area contributed by atoms with E-state index in [-0.39, 0.29) is 12.4 Å². The number of ether oxygens (including phenoxy) is 1. The first-order valence-corrected chi connectivity index (χ1v) is 5.35. The monoisotopic (exact) mass is 259 g/mol. The standard InChI is InChI=1S/C11H14ClNO4/c1-6-2-9(12)10(3-8(6)11(13)16)17-5-7(15)4-14/h2-3,7,14-15H,4-5H2,1H3,(H2,13,16). The minimum absolute atomic E-state index is 0.114. The van der Waals surface area contributed by atoms with Gasteiger partial charge in [-0.15, -0.1) is 0 Å². The normalized spacial score (nSPS) is 12.2. The first-order valence-electron chi connectivity index (χ1n) is 4.97. The largest absolute Gasteiger partial charge is 0.489 e. The maximum Gasteiger partial charge on any atom is 0.249 e. The number of benzene rings is 1. The molecule has 0 aliphatic rings. The third kappa shape index (κ3) is 3.59. The summed E-state index contributed by atoms with van der Waals surface area (Å²) >= 11 is 5.91. The van der Waals surface area contributed by atoms with Gasteiger partial charge in [0.2, 0.25) is 5.91 Å². The Balaban J connectivity index is 2.92. The molecule has 1 aromatic carbocycles. The highest BCUT2D eigenvalue weighted by molar-refractivity contribution is 6.32. The summed E-state index contributed by atoms with van der Waals surface area (Å²) in [6.45, 7) is 1.18. The minimum atomic E-state index is -0.996. The number of carbonyl (C=O) groups is 1. The van der Waals surface area contributed by atoms with E-state index >= 15 is 0 Å². The number of rotatable bonds is 5. The Bertz CT molecular complexity index is 422. The van der Waals surface area contributed by atoms with Crippen LogP contribution in [0.15, 0.2) is 12.1 Å². The number of carbonyl (C=O) groups excluding carboxylic acids is 1. The van der Waals surface area contributed by atoms with Crippen LogP contribution in [-0.4, -0.2) is 35.4 Å².